The van der Waals surface area contributed by atoms with Crippen molar-refractivity contribution in [2.75, 3.05) is 14.1 Å². The molecule has 8 heteroatoms. The van der Waals surface area contributed by atoms with E-state index in [4.69, 9.17) is 16.6 Å². The Bertz CT molecular complexity index is 1180. The summed E-state index contributed by atoms with van der Waals surface area (Å²) in [5, 5.41) is 2.26. The molecule has 0 aliphatic heterocycles. The van der Waals surface area contributed by atoms with Crippen molar-refractivity contribution in [2.45, 2.75) is 44.0 Å². The van der Waals surface area contributed by atoms with Crippen LogP contribution in [0.1, 0.15) is 32.6 Å². The van der Waals surface area contributed by atoms with Crippen molar-refractivity contribution >= 4 is 38.6 Å². The molecular formula is C23H28ClN3O2S2. The van der Waals surface area contributed by atoms with Gasteiger partial charge in [-0.1, -0.05) is 62.1 Å². The summed E-state index contributed by atoms with van der Waals surface area (Å²) in [5.41, 5.74) is 2.65. The minimum Gasteiger partial charge on any atom is -0.316 e. The van der Waals surface area contributed by atoms with E-state index >= 15 is 0 Å². The number of sulfonamides is 1. The van der Waals surface area contributed by atoms with Gasteiger partial charge in [0.2, 0.25) is 10.0 Å². The van der Waals surface area contributed by atoms with Crippen LogP contribution in [0.4, 0.5) is 5.69 Å². The number of thiazole rings is 1. The maximum Gasteiger partial charge on any atom is 0.244 e. The van der Waals surface area contributed by atoms with Crippen molar-refractivity contribution in [1.82, 2.24) is 8.87 Å². The molecule has 0 amide bonds. The van der Waals surface area contributed by atoms with Gasteiger partial charge in [-0.3, -0.25) is 0 Å². The van der Waals surface area contributed by atoms with E-state index in [1.807, 2.05) is 41.8 Å². The SMILES string of the molecule is CCCCCCn1c(-c2ccc(Cl)c(S(=O)(=O)N(C)C)c2)csc1=Nc1ccccc1. The second-order valence-corrected chi connectivity index (χ2v) is 10.9. The van der Waals surface area contributed by atoms with E-state index in [9.17, 15) is 8.42 Å². The minimum atomic E-state index is -3.64. The fourth-order valence-electron chi connectivity index (χ4n) is 3.23. The molecule has 0 fully saturated rings. The number of rotatable bonds is 9. The zero-order valence-electron chi connectivity index (χ0n) is 18.1. The number of benzene rings is 2. The Hall–Kier alpha value is -1.93. The Morgan fingerprint density at radius 3 is 2.48 bits per heavy atom. The first-order valence-electron chi connectivity index (χ1n) is 10.3. The number of hydrogen-bond donors (Lipinski definition) is 0. The first-order valence-corrected chi connectivity index (χ1v) is 13.0. The summed E-state index contributed by atoms with van der Waals surface area (Å²) >= 11 is 7.81. The number of unbranched alkanes of at least 4 members (excludes halogenated alkanes) is 3. The van der Waals surface area contributed by atoms with Crippen molar-refractivity contribution in [1.29, 1.82) is 0 Å². The monoisotopic (exact) mass is 477 g/mol. The molecule has 0 N–H and O–H groups in total. The summed E-state index contributed by atoms with van der Waals surface area (Å²) < 4.78 is 28.8. The molecule has 1 aromatic heterocycles. The topological polar surface area (TPSA) is 54.7 Å². The summed E-state index contributed by atoms with van der Waals surface area (Å²) in [6.45, 7) is 3.02. The molecule has 0 radical (unpaired) electrons. The highest BCUT2D eigenvalue weighted by Crippen LogP contribution is 2.30. The van der Waals surface area contributed by atoms with E-state index in [-0.39, 0.29) is 9.92 Å². The van der Waals surface area contributed by atoms with E-state index in [2.05, 4.69) is 11.5 Å². The van der Waals surface area contributed by atoms with Gasteiger partial charge in [-0.2, -0.15) is 0 Å². The number of halogens is 1. The van der Waals surface area contributed by atoms with Crippen LogP contribution in [0.25, 0.3) is 11.3 Å². The third kappa shape index (κ3) is 5.66. The average Bonchev–Trinajstić information content (AvgIpc) is 3.14. The largest absolute Gasteiger partial charge is 0.316 e. The van der Waals surface area contributed by atoms with E-state index in [1.54, 1.807) is 23.5 Å². The molecular weight excluding hydrogens is 450 g/mol. The average molecular weight is 478 g/mol. The van der Waals surface area contributed by atoms with Crippen LogP contribution in [0, 0.1) is 0 Å². The molecule has 3 rings (SSSR count). The molecule has 166 valence electrons. The normalized spacial score (nSPS) is 12.6. The van der Waals surface area contributed by atoms with Crippen LogP contribution >= 0.6 is 22.9 Å². The highest BCUT2D eigenvalue weighted by molar-refractivity contribution is 7.89. The zero-order valence-corrected chi connectivity index (χ0v) is 20.5. The predicted molar refractivity (Wildman–Crippen MR) is 129 cm³/mol. The Morgan fingerprint density at radius 2 is 1.81 bits per heavy atom. The van der Waals surface area contributed by atoms with Crippen LogP contribution in [-0.2, 0) is 16.6 Å². The van der Waals surface area contributed by atoms with Crippen molar-refractivity contribution in [3.8, 4) is 11.3 Å². The molecule has 0 unspecified atom stereocenters. The van der Waals surface area contributed by atoms with E-state index in [0.717, 1.165) is 41.1 Å². The number of aromatic nitrogens is 1. The van der Waals surface area contributed by atoms with E-state index in [1.165, 1.54) is 31.2 Å². The predicted octanol–water partition coefficient (Wildman–Crippen LogP) is 5.93. The summed E-state index contributed by atoms with van der Waals surface area (Å²) in [4.78, 5) is 5.84. The van der Waals surface area contributed by atoms with Crippen LogP contribution in [0.5, 0.6) is 0 Å². The summed E-state index contributed by atoms with van der Waals surface area (Å²) in [7, 11) is -0.630. The van der Waals surface area contributed by atoms with Crippen LogP contribution < -0.4 is 4.80 Å². The lowest BCUT2D eigenvalue weighted by atomic mass is 10.1. The molecule has 31 heavy (non-hydrogen) atoms. The number of hydrogen-bond acceptors (Lipinski definition) is 4. The second-order valence-electron chi connectivity index (χ2n) is 7.50. The molecule has 0 aliphatic carbocycles. The van der Waals surface area contributed by atoms with Gasteiger partial charge in [-0.15, -0.1) is 11.3 Å². The van der Waals surface area contributed by atoms with Crippen molar-refractivity contribution in [3.05, 3.63) is 63.7 Å². The second kappa shape index (κ2) is 10.6. The van der Waals surface area contributed by atoms with Crippen LogP contribution in [0.3, 0.4) is 0 Å². The summed E-state index contributed by atoms with van der Waals surface area (Å²) in [6.07, 6.45) is 4.54. The van der Waals surface area contributed by atoms with Crippen molar-refractivity contribution < 1.29 is 8.42 Å². The molecule has 0 atom stereocenters. The van der Waals surface area contributed by atoms with Gasteiger partial charge in [0, 0.05) is 31.6 Å². The molecule has 1 heterocycles. The van der Waals surface area contributed by atoms with Crippen LogP contribution in [-0.4, -0.2) is 31.4 Å². The fourth-order valence-corrected chi connectivity index (χ4v) is 5.58. The first kappa shape index (κ1) is 23.7. The molecule has 0 spiro atoms. The Labute approximate surface area is 193 Å². The standard InChI is InChI=1S/C23H28ClN3O2S2/c1-4-5-6-10-15-27-21(17-30-23(27)25-19-11-8-7-9-12-19)18-13-14-20(24)22(16-18)31(28,29)26(2)3/h7-9,11-14,16-17H,4-6,10,15H2,1-3H3. The van der Waals surface area contributed by atoms with Gasteiger partial charge < -0.3 is 4.57 Å². The van der Waals surface area contributed by atoms with Gasteiger partial charge in [0.05, 0.1) is 16.4 Å². The molecule has 0 saturated carbocycles. The Morgan fingerprint density at radius 1 is 1.06 bits per heavy atom. The third-order valence-corrected chi connectivity index (χ3v) is 8.16. The lowest BCUT2D eigenvalue weighted by Gasteiger charge is -2.15. The molecule has 0 saturated heterocycles. The van der Waals surface area contributed by atoms with Crippen molar-refractivity contribution in [2.24, 2.45) is 4.99 Å². The first-order chi connectivity index (χ1) is 14.8. The maximum atomic E-state index is 12.7. The highest BCUT2D eigenvalue weighted by atomic mass is 35.5. The smallest absolute Gasteiger partial charge is 0.244 e. The van der Waals surface area contributed by atoms with Crippen LogP contribution in [0.2, 0.25) is 5.02 Å². The van der Waals surface area contributed by atoms with E-state index < -0.39 is 10.0 Å². The molecule has 0 bridgehead atoms. The van der Waals surface area contributed by atoms with Gasteiger partial charge in [0.15, 0.2) is 4.80 Å². The fraction of sp³-hybridized carbons (Fsp3) is 0.348. The lowest BCUT2D eigenvalue weighted by Crippen LogP contribution is -2.22. The van der Waals surface area contributed by atoms with Gasteiger partial charge in [0.25, 0.3) is 0 Å². The van der Waals surface area contributed by atoms with Gasteiger partial charge in [-0.05, 0) is 30.7 Å². The van der Waals surface area contributed by atoms with Crippen LogP contribution in [0.15, 0.2) is 63.8 Å². The molecule has 5 nitrogen and oxygen atoms in total. The van der Waals surface area contributed by atoms with Gasteiger partial charge in [-0.25, -0.2) is 17.7 Å². The number of nitrogens with zero attached hydrogens (tertiary/aromatic N) is 3. The number of para-hydroxylation sites is 1. The van der Waals surface area contributed by atoms with E-state index in [0.29, 0.717) is 0 Å². The molecule has 0 aliphatic rings. The molecule has 3 aromatic rings. The quantitative estimate of drug-likeness (QED) is 0.358. The summed E-state index contributed by atoms with van der Waals surface area (Å²) in [5.74, 6) is 0. The van der Waals surface area contributed by atoms with Gasteiger partial charge in [0.1, 0.15) is 4.90 Å². The Balaban J connectivity index is 2.10. The third-order valence-electron chi connectivity index (χ3n) is 5.00. The Kier molecular flexibility index (Phi) is 8.11. The van der Waals surface area contributed by atoms with Gasteiger partial charge >= 0.3 is 0 Å². The lowest BCUT2D eigenvalue weighted by molar-refractivity contribution is 0.521. The highest BCUT2D eigenvalue weighted by Gasteiger charge is 2.22. The molecule has 2 aromatic carbocycles. The maximum absolute atomic E-state index is 12.7. The van der Waals surface area contributed by atoms with Crippen molar-refractivity contribution in [3.63, 3.8) is 0 Å². The summed E-state index contributed by atoms with van der Waals surface area (Å²) in [6, 6.07) is 15.0. The zero-order chi connectivity index (χ0) is 22.4. The minimum absolute atomic E-state index is 0.113.